The third-order valence-electron chi connectivity index (χ3n) is 2.76. The lowest BCUT2D eigenvalue weighted by Gasteiger charge is -2.15. The first-order chi connectivity index (χ1) is 8.75. The molecule has 19 heavy (non-hydrogen) atoms. The van der Waals surface area contributed by atoms with Crippen LogP contribution in [0.2, 0.25) is 0 Å². The van der Waals surface area contributed by atoms with Crippen molar-refractivity contribution >= 4 is 32.9 Å². The fraction of sp³-hybridized carbons (Fsp3) is 0.417. The maximum atomic E-state index is 11.7. The molecule has 0 amide bonds. The highest BCUT2D eigenvalue weighted by atomic mass is 32.2. The summed E-state index contributed by atoms with van der Waals surface area (Å²) in [6.07, 6.45) is 0. The van der Waals surface area contributed by atoms with Gasteiger partial charge in [-0.05, 0) is 18.6 Å². The molecule has 1 aromatic carbocycles. The number of benzene rings is 1. The summed E-state index contributed by atoms with van der Waals surface area (Å²) in [5.41, 5.74) is 8.16. The van der Waals surface area contributed by atoms with Gasteiger partial charge in [0.05, 0.1) is 5.75 Å². The van der Waals surface area contributed by atoms with E-state index in [-0.39, 0.29) is 5.75 Å². The SMILES string of the molecule is Cc1cccc(C(N)=S)c1NCCS(=O)(=O)N(C)C. The topological polar surface area (TPSA) is 75.4 Å². The fourth-order valence-corrected chi connectivity index (χ4v) is 2.49. The first-order valence-corrected chi connectivity index (χ1v) is 7.81. The van der Waals surface area contributed by atoms with Gasteiger partial charge >= 0.3 is 0 Å². The van der Waals surface area contributed by atoms with Crippen LogP contribution >= 0.6 is 12.2 Å². The quantitative estimate of drug-likeness (QED) is 0.765. The second-order valence-corrected chi connectivity index (χ2v) is 7.13. The van der Waals surface area contributed by atoms with Crippen molar-refractivity contribution in [3.63, 3.8) is 0 Å². The highest BCUT2D eigenvalue weighted by Crippen LogP contribution is 2.20. The lowest BCUT2D eigenvalue weighted by atomic mass is 10.1. The number of nitrogens with zero attached hydrogens (tertiary/aromatic N) is 1. The molecule has 0 saturated heterocycles. The predicted octanol–water partition coefficient (Wildman–Crippen LogP) is 0.933. The first kappa shape index (κ1) is 15.9. The van der Waals surface area contributed by atoms with Gasteiger partial charge in [-0.2, -0.15) is 0 Å². The molecule has 0 aromatic heterocycles. The summed E-state index contributed by atoms with van der Waals surface area (Å²) in [5.74, 6) is 0.0190. The number of sulfonamides is 1. The Kier molecular flexibility index (Phi) is 5.28. The molecule has 1 aromatic rings. The van der Waals surface area contributed by atoms with E-state index in [1.165, 1.54) is 18.4 Å². The van der Waals surface area contributed by atoms with Crippen molar-refractivity contribution in [1.29, 1.82) is 0 Å². The Morgan fingerprint density at radius 3 is 2.58 bits per heavy atom. The fourth-order valence-electron chi connectivity index (χ4n) is 1.60. The highest BCUT2D eigenvalue weighted by molar-refractivity contribution is 7.89. The van der Waals surface area contributed by atoms with E-state index in [1.807, 2.05) is 25.1 Å². The smallest absolute Gasteiger partial charge is 0.215 e. The Labute approximate surface area is 119 Å². The lowest BCUT2D eigenvalue weighted by molar-refractivity contribution is 0.521. The van der Waals surface area contributed by atoms with Gasteiger partial charge in [0.15, 0.2) is 0 Å². The van der Waals surface area contributed by atoms with E-state index >= 15 is 0 Å². The number of aryl methyl sites for hydroxylation is 1. The Hall–Kier alpha value is -1.18. The van der Waals surface area contributed by atoms with Crippen LogP contribution in [0.4, 0.5) is 5.69 Å². The van der Waals surface area contributed by atoms with Gasteiger partial charge in [0, 0.05) is 31.9 Å². The zero-order valence-electron chi connectivity index (χ0n) is 11.3. The summed E-state index contributed by atoms with van der Waals surface area (Å²) >= 11 is 4.99. The second-order valence-electron chi connectivity index (χ2n) is 4.39. The van der Waals surface area contributed by atoms with Gasteiger partial charge in [-0.25, -0.2) is 12.7 Å². The molecule has 3 N–H and O–H groups in total. The molecule has 0 bridgehead atoms. The maximum absolute atomic E-state index is 11.7. The van der Waals surface area contributed by atoms with Gasteiger partial charge in [0.2, 0.25) is 10.0 Å². The first-order valence-electron chi connectivity index (χ1n) is 5.79. The van der Waals surface area contributed by atoms with Gasteiger partial charge < -0.3 is 11.1 Å². The number of para-hydroxylation sites is 1. The summed E-state index contributed by atoms with van der Waals surface area (Å²) in [5, 5.41) is 3.10. The summed E-state index contributed by atoms with van der Waals surface area (Å²) in [6, 6.07) is 5.61. The van der Waals surface area contributed by atoms with Crippen molar-refractivity contribution in [2.75, 3.05) is 31.7 Å². The summed E-state index contributed by atoms with van der Waals surface area (Å²) < 4.78 is 24.5. The van der Waals surface area contributed by atoms with Gasteiger partial charge in [-0.3, -0.25) is 0 Å². The highest BCUT2D eigenvalue weighted by Gasteiger charge is 2.14. The Bertz CT molecular complexity index is 568. The van der Waals surface area contributed by atoms with E-state index in [0.717, 1.165) is 16.8 Å². The van der Waals surface area contributed by atoms with Crippen LogP contribution in [0.1, 0.15) is 11.1 Å². The van der Waals surface area contributed by atoms with Crippen LogP contribution < -0.4 is 11.1 Å². The van der Waals surface area contributed by atoms with Crippen molar-refractivity contribution in [2.24, 2.45) is 5.73 Å². The van der Waals surface area contributed by atoms with Crippen LogP contribution in [0.5, 0.6) is 0 Å². The molecule has 1 rings (SSSR count). The molecule has 0 aliphatic heterocycles. The minimum Gasteiger partial charge on any atom is -0.389 e. The zero-order chi connectivity index (χ0) is 14.6. The Balaban J connectivity index is 2.82. The zero-order valence-corrected chi connectivity index (χ0v) is 12.9. The molecular weight excluding hydrogens is 282 g/mol. The molecule has 0 saturated carbocycles. The molecule has 0 aliphatic rings. The van der Waals surface area contributed by atoms with Crippen LogP contribution in [0, 0.1) is 6.92 Å². The number of nitrogens with one attached hydrogen (secondary N) is 1. The number of hydrogen-bond acceptors (Lipinski definition) is 4. The molecule has 5 nitrogen and oxygen atoms in total. The van der Waals surface area contributed by atoms with Crippen LogP contribution in [0.15, 0.2) is 18.2 Å². The number of anilines is 1. The van der Waals surface area contributed by atoms with Crippen molar-refractivity contribution < 1.29 is 8.42 Å². The number of rotatable bonds is 6. The van der Waals surface area contributed by atoms with Crippen molar-refractivity contribution in [3.8, 4) is 0 Å². The van der Waals surface area contributed by atoms with E-state index < -0.39 is 10.0 Å². The molecule has 0 atom stereocenters. The monoisotopic (exact) mass is 301 g/mol. The van der Waals surface area contributed by atoms with Gasteiger partial charge in [-0.1, -0.05) is 24.4 Å². The molecule has 0 unspecified atom stereocenters. The van der Waals surface area contributed by atoms with Gasteiger partial charge in [-0.15, -0.1) is 0 Å². The average molecular weight is 301 g/mol. The summed E-state index contributed by atoms with van der Waals surface area (Å²) in [4.78, 5) is 0.293. The van der Waals surface area contributed by atoms with Gasteiger partial charge in [0.1, 0.15) is 4.99 Å². The Morgan fingerprint density at radius 2 is 2.05 bits per heavy atom. The van der Waals surface area contributed by atoms with E-state index in [2.05, 4.69) is 5.32 Å². The van der Waals surface area contributed by atoms with Crippen LogP contribution in [-0.4, -0.2) is 44.1 Å². The molecule has 106 valence electrons. The third-order valence-corrected chi connectivity index (χ3v) is 4.81. The maximum Gasteiger partial charge on any atom is 0.215 e. The normalized spacial score (nSPS) is 11.6. The van der Waals surface area contributed by atoms with Crippen LogP contribution in [0.3, 0.4) is 0 Å². The molecule has 0 aliphatic carbocycles. The largest absolute Gasteiger partial charge is 0.389 e. The molecule has 0 spiro atoms. The van der Waals surface area contributed by atoms with E-state index in [9.17, 15) is 8.42 Å². The number of nitrogens with two attached hydrogens (primary N) is 1. The van der Waals surface area contributed by atoms with Crippen molar-refractivity contribution in [3.05, 3.63) is 29.3 Å². The molecule has 7 heteroatoms. The molecule has 0 radical (unpaired) electrons. The minimum absolute atomic E-state index is 0.0190. The number of hydrogen-bond donors (Lipinski definition) is 2. The van der Waals surface area contributed by atoms with Crippen molar-refractivity contribution in [1.82, 2.24) is 4.31 Å². The van der Waals surface area contributed by atoms with Gasteiger partial charge in [0.25, 0.3) is 0 Å². The second kappa shape index (κ2) is 6.31. The third kappa shape index (κ3) is 4.15. The average Bonchev–Trinajstić information content (AvgIpc) is 2.30. The lowest BCUT2D eigenvalue weighted by Crippen LogP contribution is -2.29. The van der Waals surface area contributed by atoms with Crippen molar-refractivity contribution in [2.45, 2.75) is 6.92 Å². The molecule has 0 fully saturated rings. The standard InChI is InChI=1S/C12H19N3O2S2/c1-9-5-4-6-10(12(13)18)11(9)14-7-8-19(16,17)15(2)3/h4-6,14H,7-8H2,1-3H3,(H2,13,18). The molecular formula is C12H19N3O2S2. The van der Waals surface area contributed by atoms with E-state index in [1.54, 1.807) is 0 Å². The van der Waals surface area contributed by atoms with Crippen LogP contribution in [0.25, 0.3) is 0 Å². The van der Waals surface area contributed by atoms with E-state index in [4.69, 9.17) is 18.0 Å². The summed E-state index contributed by atoms with van der Waals surface area (Å²) in [6.45, 7) is 2.23. The van der Waals surface area contributed by atoms with Crippen LogP contribution in [-0.2, 0) is 10.0 Å². The molecule has 0 heterocycles. The number of thiocarbonyl (C=S) groups is 1. The minimum atomic E-state index is -3.21. The Morgan fingerprint density at radius 1 is 1.42 bits per heavy atom. The predicted molar refractivity (Wildman–Crippen MR) is 83.0 cm³/mol. The summed E-state index contributed by atoms with van der Waals surface area (Å²) in [7, 11) is -0.173. The van der Waals surface area contributed by atoms with E-state index in [0.29, 0.717) is 11.5 Å².